The van der Waals surface area contributed by atoms with Crippen LogP contribution < -0.4 is 0 Å². The van der Waals surface area contributed by atoms with Crippen molar-refractivity contribution in [1.29, 1.82) is 0 Å². The molecule has 1 unspecified atom stereocenters. The normalized spacial score (nSPS) is 22.0. The van der Waals surface area contributed by atoms with Crippen LogP contribution in [0.25, 0.3) is 5.57 Å². The predicted molar refractivity (Wildman–Crippen MR) is 83.3 cm³/mol. The van der Waals surface area contributed by atoms with E-state index < -0.39 is 14.6 Å². The van der Waals surface area contributed by atoms with Gasteiger partial charge >= 0.3 is 0 Å². The van der Waals surface area contributed by atoms with E-state index >= 15 is 0 Å². The molecule has 0 aliphatic heterocycles. The molecule has 4 nitrogen and oxygen atoms in total. The number of aromatic nitrogens is 2. The number of hydrogen-bond donors (Lipinski definition) is 1. The Balaban J connectivity index is 2.03. The van der Waals surface area contributed by atoms with Gasteiger partial charge in [0, 0.05) is 12.5 Å². The number of sulfone groups is 1. The summed E-state index contributed by atoms with van der Waals surface area (Å²) in [7, 11) is -3.33. The van der Waals surface area contributed by atoms with Crippen molar-refractivity contribution in [3.05, 3.63) is 72.1 Å². The van der Waals surface area contributed by atoms with Gasteiger partial charge in [-0.2, -0.15) is 5.10 Å². The van der Waals surface area contributed by atoms with E-state index in [-0.39, 0.29) is 0 Å². The highest BCUT2D eigenvalue weighted by molar-refractivity contribution is 7.91. The number of aromatic amines is 1. The third kappa shape index (κ3) is 2.34. The van der Waals surface area contributed by atoms with Gasteiger partial charge in [-0.1, -0.05) is 48.6 Å². The maximum absolute atomic E-state index is 12.3. The number of nitrogens with one attached hydrogen (secondary N) is 1. The summed E-state index contributed by atoms with van der Waals surface area (Å²) >= 11 is 0. The molecule has 0 saturated carbocycles. The van der Waals surface area contributed by atoms with Gasteiger partial charge in [-0.3, -0.25) is 5.10 Å². The molecule has 0 saturated heterocycles. The second kappa shape index (κ2) is 5.00. The highest BCUT2D eigenvalue weighted by atomic mass is 32.2. The fourth-order valence-electron chi connectivity index (χ4n) is 2.62. The second-order valence-electron chi connectivity index (χ2n) is 5.18. The van der Waals surface area contributed by atoms with Gasteiger partial charge in [-0.15, -0.1) is 0 Å². The van der Waals surface area contributed by atoms with E-state index in [1.165, 1.54) is 6.26 Å². The SMILES string of the molecule is CS(=O)(=O)C1(c2cc[nH]n2)C=CC(c2ccccc2)=CC1. The van der Waals surface area contributed by atoms with Crippen molar-refractivity contribution in [2.75, 3.05) is 6.26 Å². The lowest BCUT2D eigenvalue weighted by atomic mass is 9.90. The van der Waals surface area contributed by atoms with Crippen molar-refractivity contribution in [3.8, 4) is 0 Å². The first-order chi connectivity index (χ1) is 10.0. The highest BCUT2D eigenvalue weighted by Crippen LogP contribution is 2.39. The minimum atomic E-state index is -3.33. The molecular formula is C16H16N2O2S. The van der Waals surface area contributed by atoms with Crippen LogP contribution >= 0.6 is 0 Å². The molecule has 21 heavy (non-hydrogen) atoms. The summed E-state index contributed by atoms with van der Waals surface area (Å²) in [5.41, 5.74) is 2.65. The smallest absolute Gasteiger partial charge is 0.162 e. The lowest BCUT2D eigenvalue weighted by molar-refractivity contribution is 0.559. The molecule has 0 fully saturated rings. The summed E-state index contributed by atoms with van der Waals surface area (Å²) in [6.45, 7) is 0. The van der Waals surface area contributed by atoms with Crippen LogP contribution in [0.2, 0.25) is 0 Å². The molecule has 5 heteroatoms. The van der Waals surface area contributed by atoms with E-state index in [1.807, 2.05) is 42.5 Å². The number of rotatable bonds is 3. The van der Waals surface area contributed by atoms with Crippen molar-refractivity contribution in [3.63, 3.8) is 0 Å². The second-order valence-corrected chi connectivity index (χ2v) is 7.46. The van der Waals surface area contributed by atoms with Crippen LogP contribution in [-0.4, -0.2) is 24.9 Å². The quantitative estimate of drug-likeness (QED) is 0.948. The molecule has 3 rings (SSSR count). The standard InChI is InChI=1S/C16H16N2O2S/c1-21(19,20)16(15-9-12-17-18-15)10-7-14(8-11-16)13-5-3-2-4-6-13/h2-10,12H,11H2,1H3,(H,17,18). The van der Waals surface area contributed by atoms with Crippen molar-refractivity contribution in [2.24, 2.45) is 0 Å². The Hall–Kier alpha value is -2.14. The van der Waals surface area contributed by atoms with E-state index in [2.05, 4.69) is 10.2 Å². The number of allylic oxidation sites excluding steroid dienone is 3. The molecule has 1 aromatic carbocycles. The molecule has 1 heterocycles. The van der Waals surface area contributed by atoms with Crippen molar-refractivity contribution >= 4 is 15.4 Å². The molecule has 1 aliphatic rings. The number of H-pyrrole nitrogens is 1. The summed E-state index contributed by atoms with van der Waals surface area (Å²) in [6, 6.07) is 11.6. The van der Waals surface area contributed by atoms with Gasteiger partial charge in [-0.05, 0) is 23.6 Å². The van der Waals surface area contributed by atoms with Gasteiger partial charge in [0.05, 0.1) is 5.69 Å². The van der Waals surface area contributed by atoms with E-state index in [4.69, 9.17) is 0 Å². The summed E-state index contributed by atoms with van der Waals surface area (Å²) < 4.78 is 23.6. The van der Waals surface area contributed by atoms with Crippen LogP contribution in [0.5, 0.6) is 0 Å². The topological polar surface area (TPSA) is 62.8 Å². The van der Waals surface area contributed by atoms with Gasteiger partial charge in [-0.25, -0.2) is 8.42 Å². The third-order valence-corrected chi connectivity index (χ3v) is 5.70. The first-order valence-corrected chi connectivity index (χ1v) is 8.57. The Morgan fingerprint density at radius 2 is 1.95 bits per heavy atom. The van der Waals surface area contributed by atoms with Crippen LogP contribution in [0.1, 0.15) is 17.7 Å². The summed E-state index contributed by atoms with van der Waals surface area (Å²) in [6.07, 6.45) is 8.87. The maximum Gasteiger partial charge on any atom is 0.162 e. The number of benzene rings is 1. The van der Waals surface area contributed by atoms with Crippen molar-refractivity contribution in [1.82, 2.24) is 10.2 Å². The molecule has 1 N–H and O–H groups in total. The van der Waals surface area contributed by atoms with E-state index in [9.17, 15) is 8.42 Å². The maximum atomic E-state index is 12.3. The summed E-state index contributed by atoms with van der Waals surface area (Å²) in [5.74, 6) is 0. The zero-order chi connectivity index (χ0) is 14.9. The fraction of sp³-hybridized carbons (Fsp3) is 0.188. The monoisotopic (exact) mass is 300 g/mol. The van der Waals surface area contributed by atoms with Crippen LogP contribution in [0, 0.1) is 0 Å². The van der Waals surface area contributed by atoms with E-state index in [0.717, 1.165) is 11.1 Å². The number of hydrogen-bond acceptors (Lipinski definition) is 3. The van der Waals surface area contributed by atoms with Gasteiger partial charge in [0.25, 0.3) is 0 Å². The lowest BCUT2D eigenvalue weighted by Crippen LogP contribution is -2.34. The molecule has 2 aromatic rings. The fourth-order valence-corrected chi connectivity index (χ4v) is 3.81. The summed E-state index contributed by atoms with van der Waals surface area (Å²) in [5, 5.41) is 6.79. The zero-order valence-corrected chi connectivity index (χ0v) is 12.5. The molecule has 1 aromatic heterocycles. The zero-order valence-electron chi connectivity index (χ0n) is 11.7. The highest BCUT2D eigenvalue weighted by Gasteiger charge is 2.42. The molecule has 1 atom stereocenters. The van der Waals surface area contributed by atoms with Crippen LogP contribution in [0.4, 0.5) is 0 Å². The molecule has 0 bridgehead atoms. The molecule has 1 aliphatic carbocycles. The van der Waals surface area contributed by atoms with Crippen LogP contribution in [-0.2, 0) is 14.6 Å². The van der Waals surface area contributed by atoms with Crippen LogP contribution in [0.15, 0.2) is 60.8 Å². The molecule has 0 radical (unpaired) electrons. The Morgan fingerprint density at radius 3 is 2.48 bits per heavy atom. The number of nitrogens with zero attached hydrogens (tertiary/aromatic N) is 1. The third-order valence-electron chi connectivity index (χ3n) is 3.86. The van der Waals surface area contributed by atoms with Gasteiger partial charge in [0.2, 0.25) is 0 Å². The van der Waals surface area contributed by atoms with Gasteiger partial charge < -0.3 is 0 Å². The minimum Gasteiger partial charge on any atom is -0.285 e. The summed E-state index contributed by atoms with van der Waals surface area (Å²) in [4.78, 5) is 0. The van der Waals surface area contributed by atoms with Gasteiger partial charge in [0.1, 0.15) is 4.75 Å². The molecule has 108 valence electrons. The lowest BCUT2D eigenvalue weighted by Gasteiger charge is -2.28. The predicted octanol–water partition coefficient (Wildman–Crippen LogP) is 2.69. The van der Waals surface area contributed by atoms with Crippen LogP contribution in [0.3, 0.4) is 0 Å². The Morgan fingerprint density at radius 1 is 1.19 bits per heavy atom. The van der Waals surface area contributed by atoms with Gasteiger partial charge in [0.15, 0.2) is 9.84 Å². The Bertz CT molecular complexity index is 790. The van der Waals surface area contributed by atoms with E-state index in [0.29, 0.717) is 12.1 Å². The molecular weight excluding hydrogens is 284 g/mol. The molecule has 0 amide bonds. The minimum absolute atomic E-state index is 0.386. The first-order valence-electron chi connectivity index (χ1n) is 6.68. The first kappa shape index (κ1) is 13.8. The largest absolute Gasteiger partial charge is 0.285 e. The van der Waals surface area contributed by atoms with E-state index in [1.54, 1.807) is 18.3 Å². The average molecular weight is 300 g/mol. The average Bonchev–Trinajstić information content (AvgIpc) is 3.02. The Labute approximate surface area is 124 Å². The molecule has 0 spiro atoms. The van der Waals surface area contributed by atoms with Crippen molar-refractivity contribution in [2.45, 2.75) is 11.2 Å². The van der Waals surface area contributed by atoms with Crippen molar-refractivity contribution < 1.29 is 8.42 Å². The Kier molecular flexibility index (Phi) is 3.29.